The standard InChI is InChI=1S/C16H19N/c1-5-9-16(17-13(2)3)12-14(4)15-10-7-6-8-11-15/h5-12H,4H2,1-3H3/b9-5+,16-12-. The van der Waals surface area contributed by atoms with E-state index in [9.17, 15) is 0 Å². The summed E-state index contributed by atoms with van der Waals surface area (Å²) >= 11 is 0. The quantitative estimate of drug-likeness (QED) is 0.523. The Morgan fingerprint density at radius 2 is 1.82 bits per heavy atom. The van der Waals surface area contributed by atoms with Crippen LogP contribution in [0.5, 0.6) is 0 Å². The monoisotopic (exact) mass is 225 g/mol. The SMILES string of the molecule is C=C(/C=C(/C=C/C)N=C(C)C)c1ccccc1. The maximum atomic E-state index is 4.46. The second-order valence-corrected chi connectivity index (χ2v) is 4.02. The Bertz CT molecular complexity index is 458. The summed E-state index contributed by atoms with van der Waals surface area (Å²) in [4.78, 5) is 4.46. The van der Waals surface area contributed by atoms with Gasteiger partial charge < -0.3 is 0 Å². The van der Waals surface area contributed by atoms with Crippen molar-refractivity contribution in [2.45, 2.75) is 20.8 Å². The Labute approximate surface area is 104 Å². The summed E-state index contributed by atoms with van der Waals surface area (Å²) in [5, 5.41) is 0. The minimum Gasteiger partial charge on any atom is -0.258 e. The van der Waals surface area contributed by atoms with Crippen molar-refractivity contribution < 1.29 is 0 Å². The fourth-order valence-electron chi connectivity index (χ4n) is 1.46. The molecule has 1 rings (SSSR count). The summed E-state index contributed by atoms with van der Waals surface area (Å²) in [6.07, 6.45) is 5.97. The lowest BCUT2D eigenvalue weighted by molar-refractivity contribution is 1.37. The van der Waals surface area contributed by atoms with Gasteiger partial charge in [-0.25, -0.2) is 0 Å². The van der Waals surface area contributed by atoms with Crippen molar-refractivity contribution >= 4 is 11.3 Å². The molecule has 0 aromatic heterocycles. The van der Waals surface area contributed by atoms with E-state index in [1.54, 1.807) is 0 Å². The van der Waals surface area contributed by atoms with E-state index in [1.165, 1.54) is 0 Å². The number of benzene rings is 1. The van der Waals surface area contributed by atoms with Crippen molar-refractivity contribution in [3.8, 4) is 0 Å². The van der Waals surface area contributed by atoms with Crippen LogP contribution in [-0.4, -0.2) is 5.71 Å². The van der Waals surface area contributed by atoms with Gasteiger partial charge >= 0.3 is 0 Å². The van der Waals surface area contributed by atoms with Gasteiger partial charge in [-0.1, -0.05) is 43.0 Å². The zero-order chi connectivity index (χ0) is 12.7. The highest BCUT2D eigenvalue weighted by molar-refractivity contribution is 5.81. The fourth-order valence-corrected chi connectivity index (χ4v) is 1.46. The fraction of sp³-hybridized carbons (Fsp3) is 0.188. The molecule has 1 aromatic carbocycles. The number of hydrogen-bond acceptors (Lipinski definition) is 1. The summed E-state index contributed by atoms with van der Waals surface area (Å²) in [6, 6.07) is 10.1. The van der Waals surface area contributed by atoms with Crippen LogP contribution in [0.15, 0.2) is 65.8 Å². The Hall–Kier alpha value is -1.89. The van der Waals surface area contributed by atoms with E-state index in [1.807, 2.05) is 57.2 Å². The Kier molecular flexibility index (Phi) is 5.15. The van der Waals surface area contributed by atoms with Gasteiger partial charge in [-0.05, 0) is 44.1 Å². The number of nitrogens with zero attached hydrogens (tertiary/aromatic N) is 1. The molecule has 1 nitrogen and oxygen atoms in total. The van der Waals surface area contributed by atoms with Crippen LogP contribution in [0.1, 0.15) is 26.3 Å². The first-order valence-electron chi connectivity index (χ1n) is 5.74. The third kappa shape index (κ3) is 4.64. The van der Waals surface area contributed by atoms with Crippen molar-refractivity contribution in [1.82, 2.24) is 0 Å². The van der Waals surface area contributed by atoms with Gasteiger partial charge in [0, 0.05) is 5.71 Å². The molecule has 0 saturated heterocycles. The summed E-state index contributed by atoms with van der Waals surface area (Å²) in [5.41, 5.74) is 4.07. The van der Waals surface area contributed by atoms with Gasteiger partial charge in [-0.15, -0.1) is 0 Å². The lowest BCUT2D eigenvalue weighted by Gasteiger charge is -2.02. The first-order valence-corrected chi connectivity index (χ1v) is 5.74. The molecular formula is C16H19N. The van der Waals surface area contributed by atoms with Gasteiger partial charge in [-0.2, -0.15) is 0 Å². The maximum absolute atomic E-state index is 4.46. The molecule has 0 atom stereocenters. The molecule has 0 aliphatic rings. The molecule has 0 heterocycles. The largest absolute Gasteiger partial charge is 0.258 e. The normalized spacial score (nSPS) is 11.6. The molecule has 17 heavy (non-hydrogen) atoms. The molecule has 88 valence electrons. The molecule has 1 aromatic rings. The average Bonchev–Trinajstić information content (AvgIpc) is 2.29. The molecule has 0 aliphatic carbocycles. The minimum absolute atomic E-state index is 0.932. The van der Waals surface area contributed by atoms with Gasteiger partial charge in [0.05, 0.1) is 5.70 Å². The molecule has 0 aliphatic heterocycles. The van der Waals surface area contributed by atoms with E-state index in [0.717, 1.165) is 22.5 Å². The van der Waals surface area contributed by atoms with E-state index in [2.05, 4.69) is 23.7 Å². The van der Waals surface area contributed by atoms with Crippen molar-refractivity contribution in [3.63, 3.8) is 0 Å². The molecular weight excluding hydrogens is 206 g/mol. The minimum atomic E-state index is 0.932. The summed E-state index contributed by atoms with van der Waals surface area (Å²) in [5.74, 6) is 0. The number of hydrogen-bond donors (Lipinski definition) is 0. The predicted molar refractivity (Wildman–Crippen MR) is 77.2 cm³/mol. The van der Waals surface area contributed by atoms with Gasteiger partial charge in [0.2, 0.25) is 0 Å². The summed E-state index contributed by atoms with van der Waals surface area (Å²) < 4.78 is 0. The van der Waals surface area contributed by atoms with Crippen LogP contribution in [0, 0.1) is 0 Å². The Balaban J connectivity index is 2.99. The van der Waals surface area contributed by atoms with Crippen LogP contribution in [-0.2, 0) is 0 Å². The van der Waals surface area contributed by atoms with Crippen molar-refractivity contribution in [2.75, 3.05) is 0 Å². The third-order valence-electron chi connectivity index (χ3n) is 2.16. The molecule has 0 radical (unpaired) electrons. The second-order valence-electron chi connectivity index (χ2n) is 4.02. The van der Waals surface area contributed by atoms with Crippen LogP contribution in [0.2, 0.25) is 0 Å². The molecule has 0 spiro atoms. The van der Waals surface area contributed by atoms with E-state index >= 15 is 0 Å². The average molecular weight is 225 g/mol. The first-order chi connectivity index (χ1) is 8.13. The first kappa shape index (κ1) is 13.2. The number of allylic oxidation sites excluding steroid dienone is 4. The highest BCUT2D eigenvalue weighted by Gasteiger charge is 1.96. The lowest BCUT2D eigenvalue weighted by atomic mass is 10.1. The van der Waals surface area contributed by atoms with Crippen molar-refractivity contribution in [1.29, 1.82) is 0 Å². The van der Waals surface area contributed by atoms with E-state index in [0.29, 0.717) is 0 Å². The van der Waals surface area contributed by atoms with Crippen LogP contribution in [0.25, 0.3) is 5.57 Å². The molecule has 0 N–H and O–H groups in total. The van der Waals surface area contributed by atoms with E-state index in [-0.39, 0.29) is 0 Å². The van der Waals surface area contributed by atoms with Gasteiger partial charge in [0.15, 0.2) is 0 Å². The molecule has 0 bridgehead atoms. The highest BCUT2D eigenvalue weighted by atomic mass is 14.7. The van der Waals surface area contributed by atoms with Crippen molar-refractivity contribution in [3.05, 3.63) is 66.4 Å². The van der Waals surface area contributed by atoms with Crippen LogP contribution >= 0.6 is 0 Å². The molecule has 0 saturated carbocycles. The second kappa shape index (κ2) is 6.64. The van der Waals surface area contributed by atoms with Gasteiger partial charge in [-0.3, -0.25) is 4.99 Å². The Morgan fingerprint density at radius 3 is 2.35 bits per heavy atom. The van der Waals surface area contributed by atoms with Crippen molar-refractivity contribution in [2.24, 2.45) is 4.99 Å². The zero-order valence-electron chi connectivity index (χ0n) is 10.8. The summed E-state index contributed by atoms with van der Waals surface area (Å²) in [6.45, 7) is 10.0. The van der Waals surface area contributed by atoms with Crippen LogP contribution < -0.4 is 0 Å². The highest BCUT2D eigenvalue weighted by Crippen LogP contribution is 2.16. The maximum Gasteiger partial charge on any atom is 0.0631 e. The molecule has 1 heteroatoms. The Morgan fingerprint density at radius 1 is 1.18 bits per heavy atom. The van der Waals surface area contributed by atoms with Crippen LogP contribution in [0.3, 0.4) is 0 Å². The lowest BCUT2D eigenvalue weighted by Crippen LogP contribution is -1.85. The predicted octanol–water partition coefficient (Wildman–Crippen LogP) is 4.64. The molecule has 0 unspecified atom stereocenters. The smallest absolute Gasteiger partial charge is 0.0631 e. The molecule has 0 amide bonds. The van der Waals surface area contributed by atoms with E-state index in [4.69, 9.17) is 0 Å². The third-order valence-corrected chi connectivity index (χ3v) is 2.16. The van der Waals surface area contributed by atoms with Gasteiger partial charge in [0.1, 0.15) is 0 Å². The molecule has 0 fully saturated rings. The number of aliphatic imine (C=N–C) groups is 1. The van der Waals surface area contributed by atoms with E-state index < -0.39 is 0 Å². The topological polar surface area (TPSA) is 12.4 Å². The summed E-state index contributed by atoms with van der Waals surface area (Å²) in [7, 11) is 0. The van der Waals surface area contributed by atoms with Crippen LogP contribution in [0.4, 0.5) is 0 Å². The number of rotatable bonds is 4. The zero-order valence-corrected chi connectivity index (χ0v) is 10.8. The van der Waals surface area contributed by atoms with Gasteiger partial charge in [0.25, 0.3) is 0 Å².